The summed E-state index contributed by atoms with van der Waals surface area (Å²) in [5, 5.41) is 3.05. The van der Waals surface area contributed by atoms with Gasteiger partial charge in [0.25, 0.3) is 0 Å². The molecule has 2 aliphatic carbocycles. The van der Waals surface area contributed by atoms with E-state index in [-0.39, 0.29) is 23.1 Å². The van der Waals surface area contributed by atoms with Gasteiger partial charge in [0, 0.05) is 46.8 Å². The van der Waals surface area contributed by atoms with Crippen molar-refractivity contribution in [1.82, 2.24) is 14.5 Å². The van der Waals surface area contributed by atoms with Crippen LogP contribution in [-0.2, 0) is 30.2 Å². The second-order valence-corrected chi connectivity index (χ2v) is 9.10. The van der Waals surface area contributed by atoms with Crippen LogP contribution in [0.3, 0.4) is 0 Å². The minimum absolute atomic E-state index is 0.0540. The van der Waals surface area contributed by atoms with E-state index in [1.165, 1.54) is 6.07 Å². The maximum absolute atomic E-state index is 14.5. The van der Waals surface area contributed by atoms with Crippen LogP contribution in [0, 0.1) is 10.6 Å². The molecule has 0 spiro atoms. The number of aromatic nitrogens is 2. The van der Waals surface area contributed by atoms with E-state index in [1.54, 1.807) is 6.07 Å². The molecule has 2 aromatic rings. The number of carbonyl (C=O) groups is 1. The summed E-state index contributed by atoms with van der Waals surface area (Å²) in [4.78, 5) is 12.4. The maximum atomic E-state index is 14.5. The predicted octanol–water partition coefficient (Wildman–Crippen LogP) is 3.72. The fourth-order valence-corrected chi connectivity index (χ4v) is 5.15. The Morgan fingerprint density at radius 1 is 1.46 bits per heavy atom. The van der Waals surface area contributed by atoms with Crippen LogP contribution < -0.4 is 5.32 Å². The Hall–Kier alpha value is -1.47. The van der Waals surface area contributed by atoms with Crippen LogP contribution in [0.25, 0.3) is 0 Å². The number of halogens is 2. The molecule has 2 heterocycles. The van der Waals surface area contributed by atoms with Gasteiger partial charge in [-0.3, -0.25) is 4.79 Å². The van der Waals surface area contributed by atoms with Crippen LogP contribution in [-0.4, -0.2) is 21.1 Å². The predicted molar refractivity (Wildman–Crippen MR) is 102 cm³/mol. The fraction of sp³-hybridized carbons (Fsp3) is 0.474. The molecule has 0 radical (unpaired) electrons. The van der Waals surface area contributed by atoms with E-state index in [2.05, 4.69) is 25.8 Å². The molecule has 2 fully saturated rings. The summed E-state index contributed by atoms with van der Waals surface area (Å²) in [6.45, 7) is 0.692. The summed E-state index contributed by atoms with van der Waals surface area (Å²) in [7, 11) is 1.93. The van der Waals surface area contributed by atoms with Crippen molar-refractivity contribution < 1.29 is 9.18 Å². The van der Waals surface area contributed by atoms with E-state index < -0.39 is 0 Å². The van der Waals surface area contributed by atoms with E-state index in [0.717, 1.165) is 45.5 Å². The third-order valence-corrected chi connectivity index (χ3v) is 7.08. The van der Waals surface area contributed by atoms with Crippen LogP contribution in [0.2, 0.25) is 0 Å². The highest BCUT2D eigenvalue weighted by molar-refractivity contribution is 9.10. The molecule has 1 N–H and O–H groups in total. The lowest BCUT2D eigenvalue weighted by Crippen LogP contribution is -2.28. The van der Waals surface area contributed by atoms with Gasteiger partial charge in [0.2, 0.25) is 5.91 Å². The van der Waals surface area contributed by atoms with Crippen LogP contribution in [0.4, 0.5) is 4.39 Å². The van der Waals surface area contributed by atoms with Crippen molar-refractivity contribution in [2.45, 2.75) is 49.6 Å². The van der Waals surface area contributed by atoms with E-state index in [1.807, 2.05) is 17.7 Å². The Labute approximate surface area is 164 Å². The molecule has 1 amide bonds. The number of carbonyl (C=O) groups excluding carboxylic acids is 1. The topological polar surface area (TPSA) is 39.0 Å². The SMILES string of the molecule is Cn1c(CC(=O)NC2CC2)c2n(c1=S)C[C@@]1(c3cc(Br)ccc3F)C[C@@H]21. The standard InChI is InChI=1S/C19H19BrFN3OS/c1-23-15(7-16(25)22-11-3-4-11)17-13-8-19(13,9-24(17)18(23)26)12-6-10(20)2-5-14(12)21/h2,5-6,11,13H,3-4,7-9H2,1H3,(H,22,25)/t13-,19+/m0/s1. The molecule has 1 aromatic carbocycles. The molecule has 2 atom stereocenters. The maximum Gasteiger partial charge on any atom is 0.226 e. The van der Waals surface area contributed by atoms with Crippen molar-refractivity contribution >= 4 is 34.1 Å². The summed E-state index contributed by atoms with van der Waals surface area (Å²) in [6, 6.07) is 5.50. The van der Waals surface area contributed by atoms with Gasteiger partial charge in [0.15, 0.2) is 4.77 Å². The molecular weight excluding hydrogens is 417 g/mol. The number of nitrogens with zero attached hydrogens (tertiary/aromatic N) is 2. The van der Waals surface area contributed by atoms with Gasteiger partial charge in [-0.2, -0.15) is 0 Å². The van der Waals surface area contributed by atoms with E-state index in [0.29, 0.717) is 19.0 Å². The van der Waals surface area contributed by atoms with Crippen LogP contribution in [0.15, 0.2) is 22.7 Å². The minimum Gasteiger partial charge on any atom is -0.353 e. The number of hydrogen-bond acceptors (Lipinski definition) is 2. The quantitative estimate of drug-likeness (QED) is 0.743. The Kier molecular flexibility index (Phi) is 3.54. The van der Waals surface area contributed by atoms with Crippen molar-refractivity contribution in [3.8, 4) is 0 Å². The minimum atomic E-state index is -0.216. The van der Waals surface area contributed by atoms with Crippen molar-refractivity contribution in [1.29, 1.82) is 0 Å². The second-order valence-electron chi connectivity index (χ2n) is 7.82. The van der Waals surface area contributed by atoms with Gasteiger partial charge < -0.3 is 14.5 Å². The zero-order valence-corrected chi connectivity index (χ0v) is 16.8. The van der Waals surface area contributed by atoms with Crippen LogP contribution in [0.1, 0.15) is 42.1 Å². The summed E-state index contributed by atoms with van der Waals surface area (Å²) in [5.41, 5.74) is 2.65. The van der Waals surface area contributed by atoms with Crippen molar-refractivity contribution in [3.63, 3.8) is 0 Å². The fourth-order valence-electron chi connectivity index (χ4n) is 4.52. The van der Waals surface area contributed by atoms with Crippen LogP contribution >= 0.6 is 28.1 Å². The zero-order valence-electron chi connectivity index (χ0n) is 14.4. The average Bonchev–Trinajstić information content (AvgIpc) is 3.51. The van der Waals surface area contributed by atoms with Crippen LogP contribution in [0.5, 0.6) is 0 Å². The summed E-state index contributed by atoms with van der Waals surface area (Å²) in [5.74, 6) is 0.126. The molecule has 5 rings (SSSR count). The van der Waals surface area contributed by atoms with E-state index in [4.69, 9.17) is 12.2 Å². The van der Waals surface area contributed by atoms with Gasteiger partial charge in [-0.15, -0.1) is 0 Å². The highest BCUT2D eigenvalue weighted by Gasteiger charge is 2.63. The van der Waals surface area contributed by atoms with Gasteiger partial charge in [0.1, 0.15) is 5.82 Å². The lowest BCUT2D eigenvalue weighted by molar-refractivity contribution is -0.120. The first-order valence-corrected chi connectivity index (χ1v) is 10.1. The number of imidazole rings is 1. The molecule has 3 aliphatic rings. The Morgan fingerprint density at radius 2 is 2.23 bits per heavy atom. The molecule has 0 saturated heterocycles. The lowest BCUT2D eigenvalue weighted by atomic mass is 9.93. The molecule has 1 aromatic heterocycles. The van der Waals surface area contributed by atoms with Crippen molar-refractivity contribution in [2.75, 3.05) is 0 Å². The third kappa shape index (κ3) is 2.36. The molecule has 4 nitrogen and oxygen atoms in total. The smallest absolute Gasteiger partial charge is 0.226 e. The molecular formula is C19H19BrFN3OS. The number of benzene rings is 1. The molecule has 1 aliphatic heterocycles. The lowest BCUT2D eigenvalue weighted by Gasteiger charge is -2.15. The molecule has 7 heteroatoms. The monoisotopic (exact) mass is 435 g/mol. The number of rotatable bonds is 4. The van der Waals surface area contributed by atoms with Gasteiger partial charge in [-0.25, -0.2) is 4.39 Å². The van der Waals surface area contributed by atoms with Gasteiger partial charge in [0.05, 0.1) is 6.42 Å². The average molecular weight is 436 g/mol. The molecule has 2 saturated carbocycles. The van der Waals surface area contributed by atoms with Gasteiger partial charge >= 0.3 is 0 Å². The molecule has 136 valence electrons. The second kappa shape index (κ2) is 5.52. The van der Waals surface area contributed by atoms with Crippen molar-refractivity contribution in [3.05, 3.63) is 50.2 Å². The Morgan fingerprint density at radius 3 is 2.96 bits per heavy atom. The highest BCUT2D eigenvalue weighted by Crippen LogP contribution is 2.66. The summed E-state index contributed by atoms with van der Waals surface area (Å²) >= 11 is 9.08. The highest BCUT2D eigenvalue weighted by atomic mass is 79.9. The summed E-state index contributed by atoms with van der Waals surface area (Å²) in [6.07, 6.45) is 3.40. The number of amides is 1. The summed E-state index contributed by atoms with van der Waals surface area (Å²) < 4.78 is 20.2. The molecule has 0 bridgehead atoms. The molecule has 0 unspecified atom stereocenters. The Balaban J connectivity index is 1.52. The van der Waals surface area contributed by atoms with Gasteiger partial charge in [-0.1, -0.05) is 15.9 Å². The number of fused-ring (bicyclic) bond motifs is 3. The first kappa shape index (κ1) is 16.7. The van der Waals surface area contributed by atoms with Gasteiger partial charge in [-0.05, 0) is 55.2 Å². The number of nitrogens with one attached hydrogen (secondary N) is 1. The van der Waals surface area contributed by atoms with Crippen molar-refractivity contribution in [2.24, 2.45) is 7.05 Å². The third-order valence-electron chi connectivity index (χ3n) is 6.09. The van der Waals surface area contributed by atoms with E-state index >= 15 is 0 Å². The van der Waals surface area contributed by atoms with E-state index in [9.17, 15) is 9.18 Å². The largest absolute Gasteiger partial charge is 0.353 e. The zero-order chi connectivity index (χ0) is 18.2. The molecule has 26 heavy (non-hydrogen) atoms. The first-order valence-electron chi connectivity index (χ1n) is 8.94. The Bertz CT molecular complexity index is 1010. The number of hydrogen-bond donors (Lipinski definition) is 1. The first-order chi connectivity index (χ1) is 12.4. The normalized spacial score (nSPS) is 25.7.